The average molecular weight is 446 g/mol. The van der Waals surface area contributed by atoms with Gasteiger partial charge in [-0.1, -0.05) is 43.6 Å². The molecule has 0 saturated carbocycles. The fourth-order valence-corrected chi connectivity index (χ4v) is 4.06. The van der Waals surface area contributed by atoms with Crippen molar-refractivity contribution in [3.63, 3.8) is 0 Å². The van der Waals surface area contributed by atoms with Gasteiger partial charge in [-0.15, -0.1) is 0 Å². The van der Waals surface area contributed by atoms with E-state index in [1.54, 1.807) is 18.2 Å². The third kappa shape index (κ3) is 4.27. The lowest BCUT2D eigenvalue weighted by Gasteiger charge is -2.14. The van der Waals surface area contributed by atoms with Gasteiger partial charge in [-0.25, -0.2) is 0 Å². The number of imide groups is 1. The van der Waals surface area contributed by atoms with Crippen molar-refractivity contribution >= 4 is 40.6 Å². The fourth-order valence-electron chi connectivity index (χ4n) is 3.02. The minimum Gasteiger partial charge on any atom is -0.493 e. The first-order chi connectivity index (χ1) is 14.4. The van der Waals surface area contributed by atoms with E-state index in [2.05, 4.69) is 13.8 Å². The number of rotatable bonds is 6. The number of fused-ring (bicyclic) bond motifs is 1. The molecule has 2 aliphatic rings. The van der Waals surface area contributed by atoms with Crippen molar-refractivity contribution in [2.75, 3.05) is 13.4 Å². The summed E-state index contributed by atoms with van der Waals surface area (Å²) in [6, 6.07) is 10.8. The molecule has 0 atom stereocenters. The van der Waals surface area contributed by atoms with E-state index in [0.717, 1.165) is 17.3 Å². The van der Waals surface area contributed by atoms with Gasteiger partial charge < -0.3 is 14.2 Å². The van der Waals surface area contributed by atoms with Crippen LogP contribution in [-0.2, 0) is 11.3 Å². The van der Waals surface area contributed by atoms with Crippen LogP contribution in [0.25, 0.3) is 6.08 Å². The Hall–Kier alpha value is -2.64. The Labute approximate surface area is 183 Å². The number of carbonyl (C=O) groups excluding carboxylic acids is 2. The number of thioether (sulfide) groups is 1. The molecule has 2 aromatic rings. The van der Waals surface area contributed by atoms with Crippen molar-refractivity contribution in [1.29, 1.82) is 0 Å². The topological polar surface area (TPSA) is 65.1 Å². The third-order valence-electron chi connectivity index (χ3n) is 4.52. The molecule has 2 aromatic carbocycles. The van der Waals surface area contributed by atoms with Crippen molar-refractivity contribution in [2.45, 2.75) is 20.4 Å². The van der Waals surface area contributed by atoms with Crippen LogP contribution in [0.15, 0.2) is 41.3 Å². The summed E-state index contributed by atoms with van der Waals surface area (Å²) >= 11 is 7.21. The van der Waals surface area contributed by atoms with Crippen molar-refractivity contribution < 1.29 is 23.8 Å². The maximum absolute atomic E-state index is 12.9. The zero-order valence-corrected chi connectivity index (χ0v) is 18.1. The Balaban J connectivity index is 1.55. The third-order valence-corrected chi connectivity index (χ3v) is 5.78. The van der Waals surface area contributed by atoms with Gasteiger partial charge in [-0.2, -0.15) is 0 Å². The minimum atomic E-state index is -0.364. The number of carbonyl (C=O) groups is 2. The van der Waals surface area contributed by atoms with Crippen molar-refractivity contribution in [3.05, 3.63) is 57.5 Å². The molecular weight excluding hydrogens is 426 g/mol. The highest BCUT2D eigenvalue weighted by Crippen LogP contribution is 2.39. The van der Waals surface area contributed by atoms with Gasteiger partial charge in [0.25, 0.3) is 11.1 Å². The van der Waals surface area contributed by atoms with Crippen LogP contribution in [0.1, 0.15) is 25.0 Å². The molecule has 1 saturated heterocycles. The van der Waals surface area contributed by atoms with E-state index in [0.29, 0.717) is 45.3 Å². The lowest BCUT2D eigenvalue weighted by molar-refractivity contribution is -0.123. The van der Waals surface area contributed by atoms with E-state index in [9.17, 15) is 9.59 Å². The Morgan fingerprint density at radius 1 is 1.20 bits per heavy atom. The molecule has 0 spiro atoms. The van der Waals surface area contributed by atoms with Crippen LogP contribution >= 0.6 is 23.4 Å². The summed E-state index contributed by atoms with van der Waals surface area (Å²) < 4.78 is 16.5. The van der Waals surface area contributed by atoms with Gasteiger partial charge in [0.2, 0.25) is 6.79 Å². The second-order valence-electron chi connectivity index (χ2n) is 7.31. The smallest absolute Gasteiger partial charge is 0.293 e. The SMILES string of the molecule is CC(C)COc1ccccc1/C=C1/SC(=O)N(Cc2cc3c(cc2Cl)OCO3)C1=O. The Bertz CT molecular complexity index is 1040. The second-order valence-corrected chi connectivity index (χ2v) is 8.71. The number of ether oxygens (including phenoxy) is 3. The first-order valence-corrected chi connectivity index (χ1v) is 10.7. The number of nitrogens with zero attached hydrogens (tertiary/aromatic N) is 1. The van der Waals surface area contributed by atoms with E-state index < -0.39 is 0 Å². The highest BCUT2D eigenvalue weighted by atomic mass is 35.5. The van der Waals surface area contributed by atoms with Gasteiger partial charge in [0.1, 0.15) is 5.75 Å². The minimum absolute atomic E-state index is 0.0585. The largest absolute Gasteiger partial charge is 0.493 e. The predicted octanol–water partition coefficient (Wildman–Crippen LogP) is 5.34. The van der Waals surface area contributed by atoms with E-state index >= 15 is 0 Å². The van der Waals surface area contributed by atoms with Gasteiger partial charge in [0.05, 0.1) is 18.1 Å². The molecule has 0 radical (unpaired) electrons. The number of para-hydroxylation sites is 1. The zero-order valence-electron chi connectivity index (χ0n) is 16.5. The second kappa shape index (κ2) is 8.62. The van der Waals surface area contributed by atoms with Crippen molar-refractivity contribution in [2.24, 2.45) is 5.92 Å². The molecule has 0 N–H and O–H groups in total. The molecule has 1 fully saturated rings. The summed E-state index contributed by atoms with van der Waals surface area (Å²) in [7, 11) is 0. The lowest BCUT2D eigenvalue weighted by atomic mass is 10.1. The van der Waals surface area contributed by atoms with Crippen LogP contribution < -0.4 is 14.2 Å². The van der Waals surface area contributed by atoms with Gasteiger partial charge >= 0.3 is 0 Å². The molecule has 2 heterocycles. The van der Waals surface area contributed by atoms with E-state index in [-0.39, 0.29) is 24.5 Å². The van der Waals surface area contributed by atoms with Crippen molar-refractivity contribution in [1.82, 2.24) is 4.90 Å². The highest BCUT2D eigenvalue weighted by molar-refractivity contribution is 8.18. The van der Waals surface area contributed by atoms with Crippen LogP contribution in [0.2, 0.25) is 5.02 Å². The van der Waals surface area contributed by atoms with E-state index in [1.807, 2.05) is 24.3 Å². The zero-order chi connectivity index (χ0) is 21.3. The number of amides is 2. The molecule has 2 amide bonds. The molecule has 0 bridgehead atoms. The molecule has 8 heteroatoms. The summed E-state index contributed by atoms with van der Waals surface area (Å²) in [6.45, 7) is 4.88. The first-order valence-electron chi connectivity index (χ1n) is 9.47. The predicted molar refractivity (Wildman–Crippen MR) is 116 cm³/mol. The molecule has 6 nitrogen and oxygen atoms in total. The van der Waals surface area contributed by atoms with Gasteiger partial charge in [0.15, 0.2) is 11.5 Å². The first kappa shape index (κ1) is 20.6. The normalized spacial score (nSPS) is 16.8. The highest BCUT2D eigenvalue weighted by Gasteiger charge is 2.36. The lowest BCUT2D eigenvalue weighted by Crippen LogP contribution is -2.27. The van der Waals surface area contributed by atoms with E-state index in [1.165, 1.54) is 4.90 Å². The Kier molecular flexibility index (Phi) is 5.92. The molecule has 0 aliphatic carbocycles. The van der Waals surface area contributed by atoms with Crippen LogP contribution in [0.5, 0.6) is 17.2 Å². The molecule has 30 heavy (non-hydrogen) atoms. The number of hydrogen-bond acceptors (Lipinski definition) is 6. The van der Waals surface area contributed by atoms with Gasteiger partial charge in [0, 0.05) is 16.7 Å². The Morgan fingerprint density at radius 3 is 2.70 bits per heavy atom. The van der Waals surface area contributed by atoms with Crippen LogP contribution in [-0.4, -0.2) is 29.4 Å². The van der Waals surface area contributed by atoms with Crippen LogP contribution in [0.3, 0.4) is 0 Å². The molecule has 2 aliphatic heterocycles. The van der Waals surface area contributed by atoms with Crippen LogP contribution in [0, 0.1) is 5.92 Å². The van der Waals surface area contributed by atoms with E-state index in [4.69, 9.17) is 25.8 Å². The number of halogens is 1. The Morgan fingerprint density at radius 2 is 1.93 bits per heavy atom. The molecule has 0 unspecified atom stereocenters. The van der Waals surface area contributed by atoms with Gasteiger partial charge in [-0.3, -0.25) is 14.5 Å². The standard InChI is InChI=1S/C22H20ClNO5S/c1-13(2)11-27-17-6-4-3-5-14(17)8-20-21(25)24(22(26)30-20)10-15-7-18-19(9-16(15)23)29-12-28-18/h3-9,13H,10-12H2,1-2H3/b20-8+. The maximum Gasteiger partial charge on any atom is 0.293 e. The van der Waals surface area contributed by atoms with Gasteiger partial charge in [-0.05, 0) is 41.5 Å². The molecular formula is C22H20ClNO5S. The summed E-state index contributed by atoms with van der Waals surface area (Å²) in [5.41, 5.74) is 1.37. The quantitative estimate of drug-likeness (QED) is 0.559. The summed E-state index contributed by atoms with van der Waals surface area (Å²) in [5.74, 6) is 1.79. The summed E-state index contributed by atoms with van der Waals surface area (Å²) in [5, 5.41) is 0.0651. The maximum atomic E-state index is 12.9. The number of hydrogen-bond donors (Lipinski definition) is 0. The monoisotopic (exact) mass is 445 g/mol. The molecule has 4 rings (SSSR count). The molecule has 0 aromatic heterocycles. The molecule has 156 valence electrons. The number of benzene rings is 2. The van der Waals surface area contributed by atoms with Crippen LogP contribution in [0.4, 0.5) is 4.79 Å². The fraction of sp³-hybridized carbons (Fsp3) is 0.273. The summed E-state index contributed by atoms with van der Waals surface area (Å²) in [6.07, 6.45) is 1.70. The van der Waals surface area contributed by atoms with Crippen molar-refractivity contribution in [3.8, 4) is 17.2 Å². The average Bonchev–Trinajstić information content (AvgIpc) is 3.26. The summed E-state index contributed by atoms with van der Waals surface area (Å²) in [4.78, 5) is 27.0.